The number of hydrogen-bond acceptors (Lipinski definition) is 7. The maximum Gasteiger partial charge on any atom is 0.320 e. The Labute approximate surface area is 140 Å². The molecule has 130 valence electrons. The minimum atomic E-state index is -0.0229. The molecule has 0 aliphatic carbocycles. The lowest BCUT2D eigenvalue weighted by Gasteiger charge is -2.20. The fraction of sp³-hybridized carbons (Fsp3) is 0.667. The highest BCUT2D eigenvalue weighted by Gasteiger charge is 2.27. The van der Waals surface area contributed by atoms with Gasteiger partial charge in [-0.05, 0) is 11.8 Å². The van der Waals surface area contributed by atoms with Crippen molar-refractivity contribution in [3.05, 3.63) is 0 Å². The number of aromatic amines is 1. The average Bonchev–Trinajstić information content (AvgIpc) is 3.11. The summed E-state index contributed by atoms with van der Waals surface area (Å²) in [5.41, 5.74) is 1.17. The van der Waals surface area contributed by atoms with Crippen LogP contribution in [0.1, 0.15) is 34.1 Å². The van der Waals surface area contributed by atoms with Crippen molar-refractivity contribution in [3.63, 3.8) is 0 Å². The number of fused-ring (bicyclic) bond motifs is 1. The molecule has 1 atom stereocenters. The average molecular weight is 333 g/mol. The lowest BCUT2D eigenvalue weighted by molar-refractivity contribution is -0.119. The summed E-state index contributed by atoms with van der Waals surface area (Å²) >= 11 is 0. The van der Waals surface area contributed by atoms with Crippen LogP contribution in [0.2, 0.25) is 0 Å². The van der Waals surface area contributed by atoms with E-state index in [2.05, 4.69) is 56.4 Å². The summed E-state index contributed by atoms with van der Waals surface area (Å²) in [6.07, 6.45) is 0.862. The third kappa shape index (κ3) is 3.72. The molecular weight excluding hydrogens is 310 g/mol. The third-order valence-corrected chi connectivity index (χ3v) is 3.68. The largest absolute Gasteiger partial charge is 0.463 e. The molecule has 0 unspecified atom stereocenters. The van der Waals surface area contributed by atoms with Crippen molar-refractivity contribution in [2.75, 3.05) is 24.6 Å². The smallest absolute Gasteiger partial charge is 0.320 e. The van der Waals surface area contributed by atoms with Gasteiger partial charge < -0.3 is 15.0 Å². The molecule has 0 aromatic carbocycles. The molecule has 0 saturated carbocycles. The van der Waals surface area contributed by atoms with Gasteiger partial charge in [0.05, 0.1) is 6.61 Å². The zero-order valence-electron chi connectivity index (χ0n) is 14.5. The van der Waals surface area contributed by atoms with Crippen molar-refractivity contribution in [2.24, 2.45) is 5.41 Å². The second kappa shape index (κ2) is 6.21. The fourth-order valence-electron chi connectivity index (χ4n) is 2.64. The first-order valence-corrected chi connectivity index (χ1v) is 8.05. The van der Waals surface area contributed by atoms with E-state index in [0.29, 0.717) is 36.1 Å². The van der Waals surface area contributed by atoms with E-state index in [0.717, 1.165) is 13.0 Å². The molecule has 24 heavy (non-hydrogen) atoms. The van der Waals surface area contributed by atoms with Crippen LogP contribution in [-0.2, 0) is 4.79 Å². The topological polar surface area (TPSA) is 109 Å². The Morgan fingerprint density at radius 1 is 1.42 bits per heavy atom. The van der Waals surface area contributed by atoms with E-state index in [-0.39, 0.29) is 17.4 Å². The molecule has 9 heteroatoms. The van der Waals surface area contributed by atoms with E-state index < -0.39 is 0 Å². The summed E-state index contributed by atoms with van der Waals surface area (Å²) in [5.74, 6) is 0.663. The number of nitrogens with zero attached hydrogens (tertiary/aromatic N) is 5. The van der Waals surface area contributed by atoms with E-state index >= 15 is 0 Å². The lowest BCUT2D eigenvalue weighted by Crippen LogP contribution is -2.35. The molecule has 1 aliphatic rings. The molecule has 3 rings (SSSR count). The van der Waals surface area contributed by atoms with Crippen molar-refractivity contribution in [1.29, 1.82) is 0 Å². The predicted molar refractivity (Wildman–Crippen MR) is 88.9 cm³/mol. The first kappa shape index (κ1) is 16.4. The minimum absolute atomic E-state index is 0.00879. The van der Waals surface area contributed by atoms with Crippen LogP contribution >= 0.6 is 0 Å². The summed E-state index contributed by atoms with van der Waals surface area (Å²) in [4.78, 5) is 22.2. The van der Waals surface area contributed by atoms with Crippen LogP contribution in [0.25, 0.3) is 11.2 Å². The molecule has 1 amide bonds. The normalized spacial score (nSPS) is 18.2. The number of anilines is 1. The first-order chi connectivity index (χ1) is 11.3. The number of rotatable bonds is 4. The van der Waals surface area contributed by atoms with Gasteiger partial charge in [0.15, 0.2) is 17.0 Å². The second-order valence-corrected chi connectivity index (χ2v) is 7.32. The molecule has 3 heterocycles. The summed E-state index contributed by atoms with van der Waals surface area (Å²) < 4.78 is 5.75. The highest BCUT2D eigenvalue weighted by Crippen LogP contribution is 2.27. The minimum Gasteiger partial charge on any atom is -0.463 e. The maximum atomic E-state index is 11.2. The van der Waals surface area contributed by atoms with Gasteiger partial charge in [0.1, 0.15) is 0 Å². The Kier molecular flexibility index (Phi) is 4.25. The van der Waals surface area contributed by atoms with Crippen LogP contribution in [0.15, 0.2) is 0 Å². The van der Waals surface area contributed by atoms with Crippen LogP contribution in [-0.4, -0.2) is 57.0 Å². The van der Waals surface area contributed by atoms with E-state index in [1.807, 2.05) is 0 Å². The number of hydrogen-bond donors (Lipinski definition) is 2. The Morgan fingerprint density at radius 3 is 2.92 bits per heavy atom. The molecule has 0 spiro atoms. The quantitative estimate of drug-likeness (QED) is 0.855. The molecule has 0 bridgehead atoms. The monoisotopic (exact) mass is 333 g/mol. The Balaban J connectivity index is 1.84. The Bertz CT molecular complexity index is 737. The Morgan fingerprint density at radius 2 is 2.21 bits per heavy atom. The summed E-state index contributed by atoms with van der Waals surface area (Å²) in [5, 5.41) is 13.6. The molecule has 0 radical (unpaired) electrons. The van der Waals surface area contributed by atoms with Crippen molar-refractivity contribution in [1.82, 2.24) is 30.7 Å². The van der Waals surface area contributed by atoms with E-state index in [1.165, 1.54) is 6.92 Å². The van der Waals surface area contributed by atoms with Gasteiger partial charge in [0.2, 0.25) is 5.91 Å². The maximum absolute atomic E-state index is 11.2. The lowest BCUT2D eigenvalue weighted by atomic mass is 9.99. The summed E-state index contributed by atoms with van der Waals surface area (Å²) in [6.45, 7) is 9.75. The molecule has 1 fully saturated rings. The van der Waals surface area contributed by atoms with Gasteiger partial charge in [0, 0.05) is 26.1 Å². The summed E-state index contributed by atoms with van der Waals surface area (Å²) in [6, 6.07) is 0.416. The fourth-order valence-corrected chi connectivity index (χ4v) is 2.64. The number of H-pyrrole nitrogens is 1. The van der Waals surface area contributed by atoms with Crippen LogP contribution < -0.4 is 15.0 Å². The van der Waals surface area contributed by atoms with Crippen LogP contribution in [0.3, 0.4) is 0 Å². The molecule has 2 aromatic heterocycles. The second-order valence-electron chi connectivity index (χ2n) is 7.32. The number of carbonyl (C=O) groups excluding carboxylic acids is 1. The third-order valence-electron chi connectivity index (χ3n) is 3.68. The van der Waals surface area contributed by atoms with Crippen LogP contribution in [0, 0.1) is 5.41 Å². The zero-order valence-corrected chi connectivity index (χ0v) is 14.5. The van der Waals surface area contributed by atoms with E-state index in [9.17, 15) is 4.79 Å². The van der Waals surface area contributed by atoms with Crippen LogP contribution in [0.4, 0.5) is 5.82 Å². The van der Waals surface area contributed by atoms with Gasteiger partial charge in [0.25, 0.3) is 0 Å². The number of aromatic nitrogens is 5. The molecule has 9 nitrogen and oxygen atoms in total. The molecule has 1 saturated heterocycles. The number of amides is 1. The molecule has 1 aliphatic heterocycles. The Hall–Kier alpha value is -2.45. The molecule has 2 aromatic rings. The van der Waals surface area contributed by atoms with Crippen molar-refractivity contribution in [2.45, 2.75) is 40.2 Å². The number of ether oxygens (including phenoxy) is 1. The van der Waals surface area contributed by atoms with Gasteiger partial charge in [-0.15, -0.1) is 5.10 Å². The van der Waals surface area contributed by atoms with Gasteiger partial charge in [-0.25, -0.2) is 5.10 Å². The van der Waals surface area contributed by atoms with Crippen LogP contribution in [0.5, 0.6) is 6.01 Å². The van der Waals surface area contributed by atoms with E-state index in [4.69, 9.17) is 4.74 Å². The molecule has 2 N–H and O–H groups in total. The number of carbonyl (C=O) groups is 1. The molecular formula is C15H23N7O2. The van der Waals surface area contributed by atoms with Crippen molar-refractivity contribution in [3.8, 4) is 6.01 Å². The summed E-state index contributed by atoms with van der Waals surface area (Å²) in [7, 11) is 0. The van der Waals surface area contributed by atoms with E-state index in [1.54, 1.807) is 0 Å². The van der Waals surface area contributed by atoms with Gasteiger partial charge in [-0.2, -0.15) is 9.97 Å². The predicted octanol–water partition coefficient (Wildman–Crippen LogP) is 0.888. The SMILES string of the molecule is CC(=O)N[C@H]1CCN(c2nc(OCC(C)(C)C)nc3[nH]nnc23)C1. The highest BCUT2D eigenvalue weighted by atomic mass is 16.5. The van der Waals surface area contributed by atoms with Gasteiger partial charge in [-0.1, -0.05) is 26.0 Å². The van der Waals surface area contributed by atoms with Gasteiger partial charge >= 0.3 is 6.01 Å². The highest BCUT2D eigenvalue weighted by molar-refractivity contribution is 5.83. The van der Waals surface area contributed by atoms with Crippen molar-refractivity contribution >= 4 is 22.9 Å². The standard InChI is InChI=1S/C15H23N7O2/c1-9(23)16-10-5-6-22(7-10)13-11-12(20-21-19-11)17-14(18-13)24-8-15(2,3)4/h10H,5-8H2,1-4H3,(H,16,23)(H,17,18,19,20,21)/t10-/m0/s1. The van der Waals surface area contributed by atoms with Crippen molar-refractivity contribution < 1.29 is 9.53 Å². The number of nitrogens with one attached hydrogen (secondary N) is 2. The van der Waals surface area contributed by atoms with Gasteiger partial charge in [-0.3, -0.25) is 4.79 Å². The first-order valence-electron chi connectivity index (χ1n) is 8.05. The zero-order chi connectivity index (χ0) is 17.3.